The molecule has 1 aliphatic heterocycles. The van der Waals surface area contributed by atoms with Crippen molar-refractivity contribution >= 4 is 5.91 Å². The molecule has 1 saturated heterocycles. The summed E-state index contributed by atoms with van der Waals surface area (Å²) in [6.07, 6.45) is 5.87. The monoisotopic (exact) mass is 522 g/mol. The number of carbonyl (C=O) groups excluding carboxylic acids is 1. The summed E-state index contributed by atoms with van der Waals surface area (Å²) in [7, 11) is 3.69. The van der Waals surface area contributed by atoms with E-state index in [0.29, 0.717) is 37.8 Å². The molecule has 2 aromatic rings. The third-order valence-corrected chi connectivity index (χ3v) is 8.09. The van der Waals surface area contributed by atoms with Gasteiger partial charge in [0.25, 0.3) is 0 Å². The fraction of sp³-hybridized carbons (Fsp3) is 0.606. The number of carbonyl (C=O) groups is 1. The third kappa shape index (κ3) is 8.14. The minimum absolute atomic E-state index is 0.0125. The molecule has 1 fully saturated rings. The number of aryl methyl sites for hydroxylation is 1. The van der Waals surface area contributed by atoms with E-state index in [-0.39, 0.29) is 11.8 Å². The smallest absolute Gasteiger partial charge is 0.222 e. The van der Waals surface area contributed by atoms with Crippen LogP contribution in [0.4, 0.5) is 0 Å². The fourth-order valence-corrected chi connectivity index (χ4v) is 6.29. The van der Waals surface area contributed by atoms with Crippen LogP contribution in [0.1, 0.15) is 69.9 Å². The quantitative estimate of drug-likeness (QED) is 0.291. The van der Waals surface area contributed by atoms with Crippen molar-refractivity contribution in [3.63, 3.8) is 0 Å². The van der Waals surface area contributed by atoms with Crippen LogP contribution in [0.5, 0.6) is 0 Å². The number of unbranched alkanes of at least 4 members (excludes halogenated alkanes) is 1. The first kappa shape index (κ1) is 30.3. The summed E-state index contributed by atoms with van der Waals surface area (Å²) in [5.41, 5.74) is 3.38. The molecule has 0 radical (unpaired) electrons. The van der Waals surface area contributed by atoms with E-state index in [4.69, 9.17) is 4.74 Å². The molecule has 0 spiro atoms. The van der Waals surface area contributed by atoms with Crippen molar-refractivity contribution in [2.45, 2.75) is 71.3 Å². The number of ether oxygens (including phenoxy) is 1. The van der Waals surface area contributed by atoms with Crippen LogP contribution in [0, 0.1) is 24.7 Å². The maximum Gasteiger partial charge on any atom is 0.222 e. The number of hydrogen-bond acceptors (Lipinski definition) is 4. The summed E-state index contributed by atoms with van der Waals surface area (Å²) < 4.78 is 5.31. The van der Waals surface area contributed by atoms with Crippen molar-refractivity contribution in [2.24, 2.45) is 17.8 Å². The molecule has 3 rings (SSSR count). The first-order chi connectivity index (χ1) is 18.3. The van der Waals surface area contributed by atoms with E-state index in [1.165, 1.54) is 5.56 Å². The second kappa shape index (κ2) is 14.8. The number of likely N-dealkylation sites (tertiary alicyclic amines) is 1. The Labute approximate surface area is 231 Å². The van der Waals surface area contributed by atoms with Crippen molar-refractivity contribution in [1.29, 1.82) is 0 Å². The number of nitrogens with one attached hydrogen (secondary N) is 1. The van der Waals surface area contributed by atoms with Crippen LogP contribution in [-0.4, -0.2) is 56.3 Å². The summed E-state index contributed by atoms with van der Waals surface area (Å²) >= 11 is 0. The van der Waals surface area contributed by atoms with E-state index >= 15 is 0 Å². The van der Waals surface area contributed by atoms with E-state index in [0.717, 1.165) is 61.9 Å². The number of nitrogens with zero attached hydrogens (tertiary/aromatic N) is 1. The number of methoxy groups -OCH3 is 1. The summed E-state index contributed by atoms with van der Waals surface area (Å²) in [6.45, 7) is 9.48. The Bertz CT molecular complexity index is 1010. The van der Waals surface area contributed by atoms with E-state index < -0.39 is 5.60 Å². The number of aliphatic hydroxyl groups is 1. The van der Waals surface area contributed by atoms with Gasteiger partial charge in [0.05, 0.1) is 5.60 Å². The van der Waals surface area contributed by atoms with Gasteiger partial charge >= 0.3 is 0 Å². The average Bonchev–Trinajstić information content (AvgIpc) is 2.91. The zero-order chi connectivity index (χ0) is 27.5. The molecule has 1 aliphatic rings. The van der Waals surface area contributed by atoms with Gasteiger partial charge in [-0.2, -0.15) is 0 Å². The maximum atomic E-state index is 13.5. The molecular weight excluding hydrogens is 472 g/mol. The lowest BCUT2D eigenvalue weighted by molar-refractivity contribution is -0.137. The zero-order valence-corrected chi connectivity index (χ0v) is 24.3. The van der Waals surface area contributed by atoms with Gasteiger partial charge in [0.15, 0.2) is 0 Å². The summed E-state index contributed by atoms with van der Waals surface area (Å²) in [5.74, 6) is 1.11. The molecule has 210 valence electrons. The van der Waals surface area contributed by atoms with E-state index in [1.807, 2.05) is 18.0 Å². The normalized spacial score (nSPS) is 18.4. The van der Waals surface area contributed by atoms with Gasteiger partial charge in [-0.25, -0.2) is 0 Å². The highest BCUT2D eigenvalue weighted by atomic mass is 16.5. The maximum absolute atomic E-state index is 13.5. The number of benzene rings is 2. The lowest BCUT2D eigenvalue weighted by Gasteiger charge is -2.44. The van der Waals surface area contributed by atoms with Crippen LogP contribution in [0.3, 0.4) is 0 Å². The van der Waals surface area contributed by atoms with Crippen LogP contribution in [0.15, 0.2) is 48.5 Å². The van der Waals surface area contributed by atoms with Crippen molar-refractivity contribution in [3.8, 4) is 11.1 Å². The van der Waals surface area contributed by atoms with Crippen LogP contribution < -0.4 is 5.32 Å². The van der Waals surface area contributed by atoms with Gasteiger partial charge in [-0.3, -0.25) is 4.79 Å². The van der Waals surface area contributed by atoms with Crippen molar-refractivity contribution in [1.82, 2.24) is 10.2 Å². The molecule has 3 atom stereocenters. The Balaban J connectivity index is 1.90. The highest BCUT2D eigenvalue weighted by Crippen LogP contribution is 2.44. The summed E-state index contributed by atoms with van der Waals surface area (Å²) in [5, 5.41) is 15.9. The molecule has 38 heavy (non-hydrogen) atoms. The zero-order valence-electron chi connectivity index (χ0n) is 24.3. The highest BCUT2D eigenvalue weighted by molar-refractivity contribution is 5.76. The van der Waals surface area contributed by atoms with Crippen LogP contribution >= 0.6 is 0 Å². The molecule has 0 aliphatic carbocycles. The number of piperidine rings is 1. The molecule has 2 aromatic carbocycles. The van der Waals surface area contributed by atoms with Gasteiger partial charge in [-0.05, 0) is 87.6 Å². The Morgan fingerprint density at radius 1 is 1.18 bits per heavy atom. The average molecular weight is 523 g/mol. The molecular formula is C33H50N2O3. The van der Waals surface area contributed by atoms with Gasteiger partial charge in [-0.1, -0.05) is 67.9 Å². The number of rotatable bonds is 14. The second-order valence-electron chi connectivity index (χ2n) is 11.7. The van der Waals surface area contributed by atoms with Crippen molar-refractivity contribution < 1.29 is 14.6 Å². The van der Waals surface area contributed by atoms with Crippen LogP contribution in [0.2, 0.25) is 0 Å². The Morgan fingerprint density at radius 2 is 1.97 bits per heavy atom. The predicted molar refractivity (Wildman–Crippen MR) is 157 cm³/mol. The third-order valence-electron chi connectivity index (χ3n) is 8.09. The van der Waals surface area contributed by atoms with Gasteiger partial charge in [-0.15, -0.1) is 0 Å². The minimum Gasteiger partial charge on any atom is -0.385 e. The topological polar surface area (TPSA) is 61.8 Å². The van der Waals surface area contributed by atoms with Gasteiger partial charge in [0, 0.05) is 39.1 Å². The lowest BCUT2D eigenvalue weighted by Crippen LogP contribution is -2.48. The molecule has 2 N–H and O–H groups in total. The van der Waals surface area contributed by atoms with E-state index in [9.17, 15) is 9.90 Å². The molecule has 0 bridgehead atoms. The van der Waals surface area contributed by atoms with Crippen molar-refractivity contribution in [3.05, 3.63) is 59.7 Å². The molecule has 0 saturated carbocycles. The predicted octanol–water partition coefficient (Wildman–Crippen LogP) is 6.18. The van der Waals surface area contributed by atoms with Gasteiger partial charge in [0.1, 0.15) is 0 Å². The highest BCUT2D eigenvalue weighted by Gasteiger charge is 2.42. The van der Waals surface area contributed by atoms with Gasteiger partial charge < -0.3 is 20.1 Å². The van der Waals surface area contributed by atoms with Gasteiger partial charge in [0.2, 0.25) is 5.91 Å². The number of amides is 1. The van der Waals surface area contributed by atoms with Crippen LogP contribution in [-0.2, 0) is 15.1 Å². The summed E-state index contributed by atoms with van der Waals surface area (Å²) in [6, 6.07) is 16.8. The Morgan fingerprint density at radius 3 is 2.68 bits per heavy atom. The molecule has 1 amide bonds. The first-order valence-electron chi connectivity index (χ1n) is 14.6. The van der Waals surface area contributed by atoms with Crippen LogP contribution in [0.25, 0.3) is 11.1 Å². The van der Waals surface area contributed by atoms with E-state index in [2.05, 4.69) is 68.6 Å². The Kier molecular flexibility index (Phi) is 11.8. The number of hydrogen-bond donors (Lipinski definition) is 2. The first-order valence-corrected chi connectivity index (χ1v) is 14.6. The molecule has 5 heteroatoms. The fourth-order valence-electron chi connectivity index (χ4n) is 6.29. The molecule has 1 heterocycles. The molecule has 5 nitrogen and oxygen atoms in total. The lowest BCUT2D eigenvalue weighted by atomic mass is 9.72. The standard InChI is InChI=1S/C33H50N2O3/c1-25(2)20-27(23-34-4)22-32(36)35-18-11-14-29(24-35)33(37,17-8-9-19-38-5)31-16-7-6-15-30(31)28-13-10-12-26(3)21-28/h6-7,10,12-13,15-16,21,25,27,29,34,37H,8-9,11,14,17-20,22-24H2,1-5H3/t27-,29-,33+/m1/s1. The van der Waals surface area contributed by atoms with E-state index in [1.54, 1.807) is 7.11 Å². The molecule has 0 aromatic heterocycles. The SMILES string of the molecule is CNC[C@@H](CC(=O)N1CCC[C@@H]([C@@](O)(CCCCOC)c2ccccc2-c2cccc(C)c2)C1)CC(C)C. The Hall–Kier alpha value is -2.21. The summed E-state index contributed by atoms with van der Waals surface area (Å²) in [4.78, 5) is 15.5. The van der Waals surface area contributed by atoms with Crippen molar-refractivity contribution in [2.75, 3.05) is 40.4 Å². The minimum atomic E-state index is -1.02. The molecule has 0 unspecified atom stereocenters. The second-order valence-corrected chi connectivity index (χ2v) is 11.7. The largest absolute Gasteiger partial charge is 0.385 e.